The number of rotatable bonds is 2. The molecule has 0 aliphatic carbocycles. The maximum Gasteiger partial charge on any atom is 0.166 e. The molecular formula is C14H14N4OS. The number of nitrogens with zero attached hydrogens (tertiary/aromatic N) is 4. The van der Waals surface area contributed by atoms with Crippen molar-refractivity contribution in [2.24, 2.45) is 0 Å². The molecule has 1 fully saturated rings. The van der Waals surface area contributed by atoms with Gasteiger partial charge in [0, 0.05) is 6.61 Å². The van der Waals surface area contributed by atoms with Gasteiger partial charge in [-0.1, -0.05) is 6.07 Å². The van der Waals surface area contributed by atoms with E-state index in [0.29, 0.717) is 0 Å². The molecule has 20 heavy (non-hydrogen) atoms. The second-order valence-corrected chi connectivity index (χ2v) is 5.79. The summed E-state index contributed by atoms with van der Waals surface area (Å²) in [5.41, 5.74) is 2.61. The van der Waals surface area contributed by atoms with Gasteiger partial charge in [0.1, 0.15) is 23.8 Å². The summed E-state index contributed by atoms with van der Waals surface area (Å²) in [5.74, 6) is 0. The monoisotopic (exact) mass is 286 g/mol. The first-order chi connectivity index (χ1) is 9.93. The number of aromatic nitrogens is 4. The highest BCUT2D eigenvalue weighted by atomic mass is 32.1. The fourth-order valence-corrected chi connectivity index (χ4v) is 3.32. The molecule has 5 nitrogen and oxygen atoms in total. The van der Waals surface area contributed by atoms with Crippen LogP contribution in [0.3, 0.4) is 0 Å². The van der Waals surface area contributed by atoms with E-state index in [1.165, 1.54) is 6.42 Å². The van der Waals surface area contributed by atoms with Gasteiger partial charge in [-0.15, -0.1) is 11.3 Å². The minimum Gasteiger partial charge on any atom is -0.358 e. The van der Waals surface area contributed by atoms with E-state index in [-0.39, 0.29) is 6.23 Å². The molecule has 0 saturated carbocycles. The SMILES string of the molecule is c1csc(-c2ncnc3c2ncn3C2CCCCO2)c1. The van der Waals surface area contributed by atoms with Crippen LogP contribution in [0.2, 0.25) is 0 Å². The van der Waals surface area contributed by atoms with E-state index in [1.54, 1.807) is 17.7 Å². The van der Waals surface area contributed by atoms with Gasteiger partial charge >= 0.3 is 0 Å². The van der Waals surface area contributed by atoms with E-state index in [4.69, 9.17) is 4.74 Å². The van der Waals surface area contributed by atoms with Crippen LogP contribution in [0.25, 0.3) is 21.7 Å². The molecule has 1 aliphatic rings. The lowest BCUT2D eigenvalue weighted by atomic mass is 10.2. The smallest absolute Gasteiger partial charge is 0.166 e. The lowest BCUT2D eigenvalue weighted by Crippen LogP contribution is -2.17. The summed E-state index contributed by atoms with van der Waals surface area (Å²) in [4.78, 5) is 14.4. The van der Waals surface area contributed by atoms with Crippen molar-refractivity contribution in [1.29, 1.82) is 0 Å². The molecule has 4 heterocycles. The third kappa shape index (κ3) is 1.92. The molecule has 1 atom stereocenters. The highest BCUT2D eigenvalue weighted by Crippen LogP contribution is 2.30. The summed E-state index contributed by atoms with van der Waals surface area (Å²) < 4.78 is 7.86. The molecule has 0 bridgehead atoms. The second kappa shape index (κ2) is 4.96. The van der Waals surface area contributed by atoms with E-state index in [0.717, 1.165) is 41.2 Å². The van der Waals surface area contributed by atoms with Crippen LogP contribution in [-0.2, 0) is 4.74 Å². The van der Waals surface area contributed by atoms with Crippen molar-refractivity contribution in [2.75, 3.05) is 6.61 Å². The lowest BCUT2D eigenvalue weighted by molar-refractivity contribution is -0.0298. The molecular weight excluding hydrogens is 272 g/mol. The zero-order valence-corrected chi connectivity index (χ0v) is 11.7. The summed E-state index contributed by atoms with van der Waals surface area (Å²) in [7, 11) is 0. The molecule has 0 N–H and O–H groups in total. The predicted octanol–water partition coefficient (Wildman–Crippen LogP) is 3.25. The van der Waals surface area contributed by atoms with Gasteiger partial charge in [0.05, 0.1) is 11.2 Å². The third-order valence-corrected chi connectivity index (χ3v) is 4.46. The van der Waals surface area contributed by atoms with Gasteiger partial charge in [-0.2, -0.15) is 0 Å². The van der Waals surface area contributed by atoms with Crippen LogP contribution in [0.1, 0.15) is 25.5 Å². The summed E-state index contributed by atoms with van der Waals surface area (Å²) in [6, 6.07) is 4.08. The van der Waals surface area contributed by atoms with E-state index < -0.39 is 0 Å². The van der Waals surface area contributed by atoms with Crippen molar-refractivity contribution in [1.82, 2.24) is 19.5 Å². The summed E-state index contributed by atoms with van der Waals surface area (Å²) >= 11 is 1.66. The van der Waals surface area contributed by atoms with Gasteiger partial charge < -0.3 is 4.74 Å². The Bertz CT molecular complexity index is 716. The zero-order valence-electron chi connectivity index (χ0n) is 10.9. The molecule has 1 saturated heterocycles. The Morgan fingerprint density at radius 2 is 2.25 bits per heavy atom. The summed E-state index contributed by atoms with van der Waals surface area (Å²) in [6.07, 6.45) is 6.83. The lowest BCUT2D eigenvalue weighted by Gasteiger charge is -2.23. The first kappa shape index (κ1) is 12.0. The molecule has 4 rings (SSSR count). The predicted molar refractivity (Wildman–Crippen MR) is 77.5 cm³/mol. The van der Waals surface area contributed by atoms with Crippen LogP contribution in [0.5, 0.6) is 0 Å². The maximum atomic E-state index is 5.83. The van der Waals surface area contributed by atoms with E-state index in [1.807, 2.05) is 22.3 Å². The Morgan fingerprint density at radius 1 is 1.25 bits per heavy atom. The van der Waals surface area contributed by atoms with Gasteiger partial charge in [-0.3, -0.25) is 4.57 Å². The topological polar surface area (TPSA) is 52.8 Å². The minimum atomic E-state index is 0.0554. The molecule has 0 radical (unpaired) electrons. The Labute approximate surface area is 120 Å². The normalized spacial score (nSPS) is 19.5. The standard InChI is InChI=1S/C14H14N4OS/c1-2-6-19-11(5-1)18-9-17-13-12(10-4-3-7-20-10)15-8-16-14(13)18/h3-4,7-9,11H,1-2,5-6H2. The average molecular weight is 286 g/mol. The average Bonchev–Trinajstić information content (AvgIpc) is 3.17. The highest BCUT2D eigenvalue weighted by Gasteiger charge is 2.20. The highest BCUT2D eigenvalue weighted by molar-refractivity contribution is 7.13. The van der Waals surface area contributed by atoms with Crippen LogP contribution in [0, 0.1) is 0 Å². The Balaban J connectivity index is 1.83. The molecule has 1 aliphatic heterocycles. The molecule has 0 spiro atoms. The molecule has 3 aromatic rings. The van der Waals surface area contributed by atoms with Crippen molar-refractivity contribution < 1.29 is 4.74 Å². The number of fused-ring (bicyclic) bond motifs is 1. The number of hydrogen-bond acceptors (Lipinski definition) is 5. The Morgan fingerprint density at radius 3 is 3.05 bits per heavy atom. The van der Waals surface area contributed by atoms with Crippen molar-refractivity contribution in [2.45, 2.75) is 25.5 Å². The second-order valence-electron chi connectivity index (χ2n) is 4.84. The van der Waals surface area contributed by atoms with Crippen molar-refractivity contribution in [3.63, 3.8) is 0 Å². The molecule has 0 aromatic carbocycles. The number of imidazole rings is 1. The zero-order chi connectivity index (χ0) is 13.4. The number of thiophene rings is 1. The van der Waals surface area contributed by atoms with Crippen LogP contribution < -0.4 is 0 Å². The number of hydrogen-bond donors (Lipinski definition) is 0. The van der Waals surface area contributed by atoms with E-state index in [2.05, 4.69) is 21.0 Å². The van der Waals surface area contributed by atoms with Crippen molar-refractivity contribution in [3.05, 3.63) is 30.2 Å². The van der Waals surface area contributed by atoms with Gasteiger partial charge in [-0.25, -0.2) is 15.0 Å². The van der Waals surface area contributed by atoms with Crippen LogP contribution in [0.15, 0.2) is 30.2 Å². The van der Waals surface area contributed by atoms with Crippen molar-refractivity contribution in [3.8, 4) is 10.6 Å². The molecule has 3 aromatic heterocycles. The van der Waals surface area contributed by atoms with Crippen molar-refractivity contribution >= 4 is 22.5 Å². The number of ether oxygens (including phenoxy) is 1. The molecule has 0 amide bonds. The largest absolute Gasteiger partial charge is 0.358 e. The van der Waals surface area contributed by atoms with Crippen LogP contribution in [-0.4, -0.2) is 26.1 Å². The van der Waals surface area contributed by atoms with Crippen LogP contribution in [0.4, 0.5) is 0 Å². The van der Waals surface area contributed by atoms with Gasteiger partial charge in [0.15, 0.2) is 5.65 Å². The van der Waals surface area contributed by atoms with Gasteiger partial charge in [0.25, 0.3) is 0 Å². The molecule has 1 unspecified atom stereocenters. The Hall–Kier alpha value is -1.79. The van der Waals surface area contributed by atoms with Gasteiger partial charge in [-0.05, 0) is 30.7 Å². The third-order valence-electron chi connectivity index (χ3n) is 3.58. The molecule has 6 heteroatoms. The maximum absolute atomic E-state index is 5.83. The quantitative estimate of drug-likeness (QED) is 0.725. The van der Waals surface area contributed by atoms with Gasteiger partial charge in [0.2, 0.25) is 0 Å². The van der Waals surface area contributed by atoms with Crippen LogP contribution >= 0.6 is 11.3 Å². The summed E-state index contributed by atoms with van der Waals surface area (Å²) in [6.45, 7) is 0.813. The summed E-state index contributed by atoms with van der Waals surface area (Å²) in [5, 5.41) is 2.05. The fourth-order valence-electron chi connectivity index (χ4n) is 2.60. The van der Waals surface area contributed by atoms with E-state index in [9.17, 15) is 0 Å². The molecule has 102 valence electrons. The first-order valence-electron chi connectivity index (χ1n) is 6.76. The fraction of sp³-hybridized carbons (Fsp3) is 0.357. The Kier molecular flexibility index (Phi) is 2.97. The first-order valence-corrected chi connectivity index (χ1v) is 7.64. The van der Waals surface area contributed by atoms with E-state index >= 15 is 0 Å². The minimum absolute atomic E-state index is 0.0554.